The summed E-state index contributed by atoms with van der Waals surface area (Å²) >= 11 is 0. The number of benzene rings is 3. The van der Waals surface area contributed by atoms with Crippen LogP contribution in [0.4, 0.5) is 11.4 Å². The highest BCUT2D eigenvalue weighted by molar-refractivity contribution is 7.92. The molecular weight excluding hydrogens is 376 g/mol. The molecule has 3 aromatic rings. The van der Waals surface area contributed by atoms with Gasteiger partial charge in [-0.1, -0.05) is 24.3 Å². The molecule has 0 saturated carbocycles. The Morgan fingerprint density at radius 3 is 2.29 bits per heavy atom. The zero-order chi connectivity index (χ0) is 20.1. The minimum Gasteiger partial charge on any atom is -0.497 e. The summed E-state index contributed by atoms with van der Waals surface area (Å²) in [5.41, 5.74) is 1.89. The van der Waals surface area contributed by atoms with Crippen LogP contribution in [0.3, 0.4) is 0 Å². The van der Waals surface area contributed by atoms with Gasteiger partial charge in [0.25, 0.3) is 15.9 Å². The van der Waals surface area contributed by atoms with Crippen molar-refractivity contribution in [2.45, 2.75) is 11.8 Å². The first kappa shape index (κ1) is 19.4. The second kappa shape index (κ2) is 8.14. The predicted octanol–water partition coefficient (Wildman–Crippen LogP) is 4.06. The maximum atomic E-state index is 12.6. The van der Waals surface area contributed by atoms with E-state index in [9.17, 15) is 13.2 Å². The van der Waals surface area contributed by atoms with E-state index in [0.717, 1.165) is 0 Å². The van der Waals surface area contributed by atoms with E-state index in [4.69, 9.17) is 4.74 Å². The van der Waals surface area contributed by atoms with E-state index in [2.05, 4.69) is 10.0 Å². The first-order valence-corrected chi connectivity index (χ1v) is 10.0. The number of sulfonamides is 1. The van der Waals surface area contributed by atoms with Crippen molar-refractivity contribution >= 4 is 27.3 Å². The van der Waals surface area contributed by atoms with Gasteiger partial charge < -0.3 is 10.1 Å². The Kier molecular flexibility index (Phi) is 5.65. The van der Waals surface area contributed by atoms with Crippen molar-refractivity contribution in [2.24, 2.45) is 0 Å². The van der Waals surface area contributed by atoms with Crippen LogP contribution in [-0.4, -0.2) is 21.4 Å². The van der Waals surface area contributed by atoms with E-state index >= 15 is 0 Å². The molecule has 0 atom stereocenters. The van der Waals surface area contributed by atoms with Gasteiger partial charge in [-0.2, -0.15) is 0 Å². The normalized spacial score (nSPS) is 10.9. The number of amides is 1. The lowest BCUT2D eigenvalue weighted by Crippen LogP contribution is -2.16. The van der Waals surface area contributed by atoms with Gasteiger partial charge in [0.15, 0.2) is 0 Å². The highest BCUT2D eigenvalue weighted by Gasteiger charge is 2.17. The molecule has 6 nitrogen and oxygen atoms in total. The predicted molar refractivity (Wildman–Crippen MR) is 109 cm³/mol. The van der Waals surface area contributed by atoms with Gasteiger partial charge in [0.05, 0.1) is 12.0 Å². The Bertz CT molecular complexity index is 1090. The summed E-state index contributed by atoms with van der Waals surface area (Å²) in [6.45, 7) is 1.73. The second-order valence-electron chi connectivity index (χ2n) is 6.13. The Balaban J connectivity index is 1.78. The second-order valence-corrected chi connectivity index (χ2v) is 7.79. The molecule has 2 N–H and O–H groups in total. The smallest absolute Gasteiger partial charge is 0.262 e. The van der Waals surface area contributed by atoms with Gasteiger partial charge >= 0.3 is 0 Å². The van der Waals surface area contributed by atoms with Crippen molar-refractivity contribution in [2.75, 3.05) is 17.1 Å². The van der Waals surface area contributed by atoms with Crippen LogP contribution in [-0.2, 0) is 10.0 Å². The van der Waals surface area contributed by atoms with Crippen molar-refractivity contribution in [1.82, 2.24) is 0 Å². The lowest BCUT2D eigenvalue weighted by atomic mass is 10.2. The maximum absolute atomic E-state index is 12.6. The van der Waals surface area contributed by atoms with Gasteiger partial charge in [0, 0.05) is 16.9 Å². The SMILES string of the molecule is COc1ccc(NC(=O)c2cccc(NS(=O)(=O)c3ccccc3C)c2)cc1. The fourth-order valence-electron chi connectivity index (χ4n) is 2.67. The zero-order valence-corrected chi connectivity index (χ0v) is 16.3. The van der Waals surface area contributed by atoms with Gasteiger partial charge in [-0.05, 0) is 61.0 Å². The lowest BCUT2D eigenvalue weighted by molar-refractivity contribution is 0.102. The third-order valence-electron chi connectivity index (χ3n) is 4.11. The number of rotatable bonds is 6. The van der Waals surface area contributed by atoms with E-state index < -0.39 is 10.0 Å². The van der Waals surface area contributed by atoms with Crippen molar-refractivity contribution in [3.8, 4) is 5.75 Å². The minimum absolute atomic E-state index is 0.197. The molecule has 0 unspecified atom stereocenters. The van der Waals surface area contributed by atoms with Gasteiger partial charge in [-0.3, -0.25) is 9.52 Å². The number of aryl methyl sites for hydroxylation is 1. The van der Waals surface area contributed by atoms with Crippen LogP contribution in [0.2, 0.25) is 0 Å². The molecule has 28 heavy (non-hydrogen) atoms. The zero-order valence-electron chi connectivity index (χ0n) is 15.5. The summed E-state index contributed by atoms with van der Waals surface area (Å²) in [5.74, 6) is 0.340. The van der Waals surface area contributed by atoms with Crippen LogP contribution in [0.5, 0.6) is 5.75 Å². The lowest BCUT2D eigenvalue weighted by Gasteiger charge is -2.11. The maximum Gasteiger partial charge on any atom is 0.262 e. The van der Waals surface area contributed by atoms with Gasteiger partial charge in [-0.25, -0.2) is 8.42 Å². The fraction of sp³-hybridized carbons (Fsp3) is 0.0952. The topological polar surface area (TPSA) is 84.5 Å². The highest BCUT2D eigenvalue weighted by Crippen LogP contribution is 2.21. The Morgan fingerprint density at radius 2 is 1.61 bits per heavy atom. The largest absolute Gasteiger partial charge is 0.497 e. The number of nitrogens with one attached hydrogen (secondary N) is 2. The number of ether oxygens (including phenoxy) is 1. The number of hydrogen-bond acceptors (Lipinski definition) is 4. The molecule has 0 radical (unpaired) electrons. The summed E-state index contributed by atoms with van der Waals surface area (Å²) in [6.07, 6.45) is 0. The summed E-state index contributed by atoms with van der Waals surface area (Å²) in [5, 5.41) is 2.77. The van der Waals surface area contributed by atoms with Crippen LogP contribution < -0.4 is 14.8 Å². The monoisotopic (exact) mass is 396 g/mol. The van der Waals surface area contributed by atoms with E-state index in [0.29, 0.717) is 28.3 Å². The van der Waals surface area contributed by atoms with E-state index in [1.54, 1.807) is 74.7 Å². The summed E-state index contributed by atoms with van der Waals surface area (Å²) in [4.78, 5) is 12.7. The molecule has 7 heteroatoms. The Labute approximate surface area is 164 Å². The van der Waals surface area contributed by atoms with Crippen LogP contribution in [0.1, 0.15) is 15.9 Å². The molecule has 0 aromatic heterocycles. The van der Waals surface area contributed by atoms with Crippen LogP contribution in [0.15, 0.2) is 77.7 Å². The first-order valence-electron chi connectivity index (χ1n) is 8.53. The number of carbonyl (C=O) groups is 1. The van der Waals surface area contributed by atoms with Crippen molar-refractivity contribution in [1.29, 1.82) is 0 Å². The minimum atomic E-state index is -3.75. The quantitative estimate of drug-likeness (QED) is 0.658. The molecule has 3 rings (SSSR count). The van der Waals surface area contributed by atoms with Crippen molar-refractivity contribution in [3.05, 3.63) is 83.9 Å². The van der Waals surface area contributed by atoms with Crippen molar-refractivity contribution < 1.29 is 17.9 Å². The van der Waals surface area contributed by atoms with Crippen LogP contribution in [0, 0.1) is 6.92 Å². The molecule has 3 aromatic carbocycles. The number of anilines is 2. The van der Waals surface area contributed by atoms with Crippen LogP contribution in [0.25, 0.3) is 0 Å². The molecule has 0 heterocycles. The van der Waals surface area contributed by atoms with Gasteiger partial charge in [-0.15, -0.1) is 0 Å². The number of hydrogen-bond donors (Lipinski definition) is 2. The summed E-state index contributed by atoms with van der Waals surface area (Å²) in [6, 6.07) is 20.0. The van der Waals surface area contributed by atoms with Gasteiger partial charge in [0.2, 0.25) is 0 Å². The molecular formula is C21H20N2O4S. The Hall–Kier alpha value is -3.32. The first-order chi connectivity index (χ1) is 13.4. The molecule has 0 spiro atoms. The number of methoxy groups -OCH3 is 1. The average Bonchev–Trinajstić information content (AvgIpc) is 2.68. The van der Waals surface area contributed by atoms with Crippen molar-refractivity contribution in [3.63, 3.8) is 0 Å². The number of carbonyl (C=O) groups excluding carboxylic acids is 1. The standard InChI is InChI=1S/C21H20N2O4S/c1-15-6-3-4-9-20(15)28(25,26)23-18-8-5-7-16(14-18)21(24)22-17-10-12-19(27-2)13-11-17/h3-14,23H,1-2H3,(H,22,24). The molecule has 0 bridgehead atoms. The fourth-order valence-corrected chi connectivity index (χ4v) is 3.97. The molecule has 0 saturated heterocycles. The summed E-state index contributed by atoms with van der Waals surface area (Å²) in [7, 11) is -2.18. The van der Waals surface area contributed by atoms with E-state index in [1.807, 2.05) is 0 Å². The average molecular weight is 396 g/mol. The highest BCUT2D eigenvalue weighted by atomic mass is 32.2. The Morgan fingerprint density at radius 1 is 0.893 bits per heavy atom. The molecule has 0 aliphatic rings. The summed E-state index contributed by atoms with van der Waals surface area (Å²) < 4.78 is 32.9. The molecule has 1 amide bonds. The third kappa shape index (κ3) is 4.50. The van der Waals surface area contributed by atoms with Gasteiger partial charge in [0.1, 0.15) is 5.75 Å². The molecule has 144 valence electrons. The molecule has 0 aliphatic carbocycles. The third-order valence-corrected chi connectivity index (χ3v) is 5.65. The molecule has 0 fully saturated rings. The van der Waals surface area contributed by atoms with E-state index in [-0.39, 0.29) is 10.8 Å². The van der Waals surface area contributed by atoms with Crippen LogP contribution >= 0.6 is 0 Å². The molecule has 0 aliphatic heterocycles. The van der Waals surface area contributed by atoms with E-state index in [1.165, 1.54) is 12.1 Å².